The number of H-pyrrole nitrogens is 1. The molecule has 0 saturated carbocycles. The lowest BCUT2D eigenvalue weighted by molar-refractivity contribution is -0.858. The van der Waals surface area contributed by atoms with Gasteiger partial charge in [-0.2, -0.15) is 0 Å². The van der Waals surface area contributed by atoms with Crippen molar-refractivity contribution in [3.8, 4) is 0 Å². The summed E-state index contributed by atoms with van der Waals surface area (Å²) in [5.74, 6) is -1.00. The van der Waals surface area contributed by atoms with Gasteiger partial charge in [-0.1, -0.05) is 18.2 Å². The van der Waals surface area contributed by atoms with Crippen LogP contribution in [-0.2, 0) is 4.79 Å². The van der Waals surface area contributed by atoms with Crippen LogP contribution in [0.1, 0.15) is 22.5 Å². The van der Waals surface area contributed by atoms with Crippen molar-refractivity contribution in [1.82, 2.24) is 10.3 Å². The molecule has 1 heterocycles. The van der Waals surface area contributed by atoms with Crippen LogP contribution in [0.3, 0.4) is 0 Å². The Balaban J connectivity index is 2.08. The minimum absolute atomic E-state index is 0.470. The second-order valence-corrected chi connectivity index (χ2v) is 5.57. The third-order valence-electron chi connectivity index (χ3n) is 3.47. The van der Waals surface area contributed by atoms with E-state index in [1.807, 2.05) is 31.2 Å². The van der Waals surface area contributed by atoms with Gasteiger partial charge in [-0.05, 0) is 13.0 Å². The Morgan fingerprint density at radius 2 is 1.95 bits per heavy atom. The summed E-state index contributed by atoms with van der Waals surface area (Å²) in [6.45, 7) is 3.30. The number of carbonyl (C=O) groups is 2. The van der Waals surface area contributed by atoms with Crippen molar-refractivity contribution in [2.75, 3.05) is 27.2 Å². The van der Waals surface area contributed by atoms with Gasteiger partial charge < -0.3 is 15.2 Å². The van der Waals surface area contributed by atoms with Gasteiger partial charge in [0.25, 0.3) is 11.7 Å². The fourth-order valence-corrected chi connectivity index (χ4v) is 2.41. The first-order chi connectivity index (χ1) is 10.0. The van der Waals surface area contributed by atoms with E-state index < -0.39 is 11.7 Å². The smallest absolute Gasteiger partial charge is 0.292 e. The SMILES string of the molecule is Cc1[nH]c2ccccc2c1C(=O)C(=O)NCCC[NH+](C)C. The second-order valence-electron chi connectivity index (χ2n) is 5.57. The van der Waals surface area contributed by atoms with Crippen molar-refractivity contribution in [3.05, 3.63) is 35.5 Å². The summed E-state index contributed by atoms with van der Waals surface area (Å²) < 4.78 is 0. The summed E-state index contributed by atoms with van der Waals surface area (Å²) in [5, 5.41) is 3.50. The summed E-state index contributed by atoms with van der Waals surface area (Å²) in [6.07, 6.45) is 0.855. The zero-order valence-corrected chi connectivity index (χ0v) is 12.7. The van der Waals surface area contributed by atoms with Gasteiger partial charge in [0.1, 0.15) is 0 Å². The van der Waals surface area contributed by atoms with Crippen molar-refractivity contribution < 1.29 is 14.5 Å². The highest BCUT2D eigenvalue weighted by Gasteiger charge is 2.22. The molecule has 0 aliphatic rings. The van der Waals surface area contributed by atoms with Crippen LogP contribution in [0.5, 0.6) is 0 Å². The number of benzene rings is 1. The van der Waals surface area contributed by atoms with E-state index in [1.54, 1.807) is 0 Å². The molecule has 112 valence electrons. The number of quaternary nitrogens is 1. The van der Waals surface area contributed by atoms with E-state index in [4.69, 9.17) is 0 Å². The van der Waals surface area contributed by atoms with E-state index in [1.165, 1.54) is 4.90 Å². The van der Waals surface area contributed by atoms with E-state index in [9.17, 15) is 9.59 Å². The molecule has 0 bridgehead atoms. The van der Waals surface area contributed by atoms with E-state index in [0.29, 0.717) is 12.1 Å². The quantitative estimate of drug-likeness (QED) is 0.407. The molecule has 0 aliphatic carbocycles. The Morgan fingerprint density at radius 3 is 2.67 bits per heavy atom. The lowest BCUT2D eigenvalue weighted by atomic mass is 10.1. The van der Waals surface area contributed by atoms with Crippen LogP contribution in [0, 0.1) is 6.92 Å². The largest absolute Gasteiger partial charge is 0.358 e. The molecule has 2 aromatic rings. The van der Waals surface area contributed by atoms with Crippen LogP contribution in [0.4, 0.5) is 0 Å². The summed E-state index contributed by atoms with van der Waals surface area (Å²) in [7, 11) is 4.12. The number of aromatic nitrogens is 1. The van der Waals surface area contributed by atoms with Crippen molar-refractivity contribution in [3.63, 3.8) is 0 Å². The average molecular weight is 288 g/mol. The molecule has 5 nitrogen and oxygen atoms in total. The third-order valence-corrected chi connectivity index (χ3v) is 3.47. The van der Waals surface area contributed by atoms with Gasteiger partial charge in [-0.25, -0.2) is 0 Å². The Hall–Kier alpha value is -2.14. The Bertz CT molecular complexity index is 659. The van der Waals surface area contributed by atoms with Gasteiger partial charge in [0.2, 0.25) is 0 Å². The highest BCUT2D eigenvalue weighted by Crippen LogP contribution is 2.22. The molecule has 2 rings (SSSR count). The molecular formula is C16H22N3O2+. The molecule has 1 aromatic heterocycles. The van der Waals surface area contributed by atoms with Crippen LogP contribution >= 0.6 is 0 Å². The number of rotatable bonds is 6. The maximum atomic E-state index is 12.3. The number of amides is 1. The van der Waals surface area contributed by atoms with E-state index in [-0.39, 0.29) is 0 Å². The number of para-hydroxylation sites is 1. The lowest BCUT2D eigenvalue weighted by Crippen LogP contribution is -3.05. The number of aromatic amines is 1. The van der Waals surface area contributed by atoms with Gasteiger partial charge in [-0.3, -0.25) is 9.59 Å². The number of Topliss-reactive ketones (excluding diaryl/α,β-unsaturated/α-hetero) is 1. The van der Waals surface area contributed by atoms with E-state index in [0.717, 1.165) is 29.6 Å². The first-order valence-corrected chi connectivity index (χ1v) is 7.19. The maximum Gasteiger partial charge on any atom is 0.292 e. The van der Waals surface area contributed by atoms with Gasteiger partial charge >= 0.3 is 0 Å². The minimum Gasteiger partial charge on any atom is -0.358 e. The second kappa shape index (κ2) is 6.54. The molecule has 0 atom stereocenters. The predicted octanol–water partition coefficient (Wildman–Crippen LogP) is 0.310. The molecule has 1 amide bonds. The topological polar surface area (TPSA) is 66.4 Å². The number of fused-ring (bicyclic) bond motifs is 1. The number of carbonyl (C=O) groups excluding carboxylic acids is 2. The summed E-state index contributed by atoms with van der Waals surface area (Å²) >= 11 is 0. The van der Waals surface area contributed by atoms with Crippen molar-refractivity contribution in [2.24, 2.45) is 0 Å². The fraction of sp³-hybridized carbons (Fsp3) is 0.375. The van der Waals surface area contributed by atoms with Crippen LogP contribution in [0.25, 0.3) is 10.9 Å². The first-order valence-electron chi connectivity index (χ1n) is 7.19. The summed E-state index contributed by atoms with van der Waals surface area (Å²) in [6, 6.07) is 7.52. The molecular weight excluding hydrogens is 266 g/mol. The van der Waals surface area contributed by atoms with Crippen molar-refractivity contribution >= 4 is 22.6 Å². The zero-order chi connectivity index (χ0) is 15.4. The summed E-state index contributed by atoms with van der Waals surface area (Å²) in [4.78, 5) is 28.8. The Labute approximate surface area is 124 Å². The molecule has 3 N–H and O–H groups in total. The first kappa shape index (κ1) is 15.3. The standard InChI is InChI=1S/C16H21N3O2/c1-11-14(12-7-4-5-8-13(12)18-11)15(20)16(21)17-9-6-10-19(2)3/h4-5,7-8,18H,6,9-10H2,1-3H3,(H,17,21)/p+1. The number of aryl methyl sites for hydroxylation is 1. The van der Waals surface area contributed by atoms with Gasteiger partial charge in [0.05, 0.1) is 26.2 Å². The number of hydrogen-bond donors (Lipinski definition) is 3. The molecule has 0 spiro atoms. The van der Waals surface area contributed by atoms with Crippen LogP contribution in [-0.4, -0.2) is 43.9 Å². The van der Waals surface area contributed by atoms with Crippen LogP contribution < -0.4 is 10.2 Å². The molecule has 0 unspecified atom stereocenters. The number of ketones is 1. The normalized spacial score (nSPS) is 11.0. The van der Waals surface area contributed by atoms with Crippen LogP contribution in [0.15, 0.2) is 24.3 Å². The lowest BCUT2D eigenvalue weighted by Gasteiger charge is -2.07. The number of nitrogens with one attached hydrogen (secondary N) is 3. The monoisotopic (exact) mass is 288 g/mol. The van der Waals surface area contributed by atoms with E-state index >= 15 is 0 Å². The van der Waals surface area contributed by atoms with Crippen molar-refractivity contribution in [2.45, 2.75) is 13.3 Å². The third kappa shape index (κ3) is 3.49. The highest BCUT2D eigenvalue weighted by atomic mass is 16.2. The minimum atomic E-state index is -0.531. The average Bonchev–Trinajstić information content (AvgIpc) is 2.78. The van der Waals surface area contributed by atoms with Crippen molar-refractivity contribution in [1.29, 1.82) is 0 Å². The van der Waals surface area contributed by atoms with Gasteiger partial charge in [0.15, 0.2) is 0 Å². The summed E-state index contributed by atoms with van der Waals surface area (Å²) in [5.41, 5.74) is 2.08. The zero-order valence-electron chi connectivity index (χ0n) is 12.7. The molecule has 1 aromatic carbocycles. The molecule has 0 aliphatic heterocycles. The Kier molecular flexibility index (Phi) is 4.75. The van der Waals surface area contributed by atoms with Gasteiger partial charge in [-0.15, -0.1) is 0 Å². The molecule has 5 heteroatoms. The fourth-order valence-electron chi connectivity index (χ4n) is 2.41. The number of hydrogen-bond acceptors (Lipinski definition) is 2. The van der Waals surface area contributed by atoms with Crippen LogP contribution in [0.2, 0.25) is 0 Å². The molecule has 0 saturated heterocycles. The predicted molar refractivity (Wildman–Crippen MR) is 82.7 cm³/mol. The molecule has 21 heavy (non-hydrogen) atoms. The molecule has 0 radical (unpaired) electrons. The molecule has 0 fully saturated rings. The Morgan fingerprint density at radius 1 is 1.24 bits per heavy atom. The van der Waals surface area contributed by atoms with Gasteiger partial charge in [0, 0.05) is 29.6 Å². The highest BCUT2D eigenvalue weighted by molar-refractivity contribution is 6.45. The maximum absolute atomic E-state index is 12.3. The van der Waals surface area contributed by atoms with E-state index in [2.05, 4.69) is 24.4 Å².